The number of nitro groups is 1. The van der Waals surface area contributed by atoms with Gasteiger partial charge in [0.15, 0.2) is 17.2 Å². The molecule has 3 rings (SSSR count). The lowest BCUT2D eigenvalue weighted by atomic mass is 10.2. The predicted octanol–water partition coefficient (Wildman–Crippen LogP) is 1.84. The predicted molar refractivity (Wildman–Crippen MR) is 87.3 cm³/mol. The van der Waals surface area contributed by atoms with Crippen LogP contribution in [-0.2, 0) is 0 Å². The maximum atomic E-state index is 12.1. The molecule has 0 aliphatic carbocycles. The Hall–Kier alpha value is -3.62. The van der Waals surface area contributed by atoms with E-state index < -0.39 is 22.3 Å². The molecule has 2 aromatic rings. The molecule has 0 bridgehead atoms. The van der Waals surface area contributed by atoms with E-state index in [1.807, 2.05) is 0 Å². The van der Waals surface area contributed by atoms with Crippen LogP contribution in [0.25, 0.3) is 0 Å². The summed E-state index contributed by atoms with van der Waals surface area (Å²) in [5.41, 5.74) is 2.66. The second kappa shape index (κ2) is 6.87. The normalized spacial score (nSPS) is 12.8. The third-order valence-corrected chi connectivity index (χ3v) is 3.38. The molecule has 1 amide bonds. The quantitative estimate of drug-likeness (QED) is 0.496. The van der Waals surface area contributed by atoms with Crippen LogP contribution in [-0.4, -0.2) is 35.4 Å². The summed E-state index contributed by atoms with van der Waals surface area (Å²) in [4.78, 5) is 22.0. The molecule has 9 nitrogen and oxygen atoms in total. The van der Waals surface area contributed by atoms with Crippen LogP contribution in [0.3, 0.4) is 0 Å². The van der Waals surface area contributed by atoms with E-state index >= 15 is 0 Å². The average Bonchev–Trinajstić information content (AvgIpc) is 2.61. The second-order valence-electron chi connectivity index (χ2n) is 5.06. The van der Waals surface area contributed by atoms with Gasteiger partial charge in [0, 0.05) is 11.6 Å². The van der Waals surface area contributed by atoms with Crippen molar-refractivity contribution in [3.63, 3.8) is 0 Å². The van der Waals surface area contributed by atoms with E-state index in [1.165, 1.54) is 18.3 Å². The van der Waals surface area contributed by atoms with Gasteiger partial charge in [0.25, 0.3) is 5.91 Å². The van der Waals surface area contributed by atoms with Crippen LogP contribution in [0.15, 0.2) is 41.5 Å². The van der Waals surface area contributed by atoms with E-state index in [2.05, 4.69) is 10.5 Å². The zero-order chi connectivity index (χ0) is 17.8. The highest BCUT2D eigenvalue weighted by Gasteiger charge is 2.15. The van der Waals surface area contributed by atoms with Crippen LogP contribution < -0.4 is 14.9 Å². The van der Waals surface area contributed by atoms with E-state index in [4.69, 9.17) is 9.47 Å². The number of ether oxygens (including phenoxy) is 2. The van der Waals surface area contributed by atoms with Crippen LogP contribution in [0.4, 0.5) is 5.69 Å². The number of carbonyl (C=O) groups excluding carboxylic acids is 1. The summed E-state index contributed by atoms with van der Waals surface area (Å²) in [6.07, 6.45) is 1.26. The third kappa shape index (κ3) is 3.66. The van der Waals surface area contributed by atoms with Crippen molar-refractivity contribution in [1.82, 2.24) is 5.43 Å². The largest absolute Gasteiger partial charge is 0.502 e. The van der Waals surface area contributed by atoms with Crippen molar-refractivity contribution in [2.75, 3.05) is 13.2 Å². The van der Waals surface area contributed by atoms with Gasteiger partial charge in [-0.15, -0.1) is 0 Å². The van der Waals surface area contributed by atoms with Crippen molar-refractivity contribution in [3.05, 3.63) is 57.6 Å². The molecule has 0 radical (unpaired) electrons. The molecule has 2 N–H and O–H groups in total. The molecule has 0 saturated heterocycles. The molecule has 0 fully saturated rings. The summed E-state index contributed by atoms with van der Waals surface area (Å²) in [6.45, 7) is 0.880. The minimum Gasteiger partial charge on any atom is -0.502 e. The maximum Gasteiger partial charge on any atom is 0.310 e. The lowest BCUT2D eigenvalue weighted by Gasteiger charge is -2.18. The second-order valence-corrected chi connectivity index (χ2v) is 5.06. The van der Waals surface area contributed by atoms with Crippen LogP contribution in [0.2, 0.25) is 0 Å². The standard InChI is InChI=1S/C16H13N3O6/c20-13-7-10(1-3-12(13)19(22)23)9-17-18-16(21)11-2-4-14-15(8-11)25-6-5-24-14/h1-4,7-9,20H,5-6H2,(H,18,21)/b17-9-. The van der Waals surface area contributed by atoms with E-state index in [1.54, 1.807) is 18.2 Å². The number of aromatic hydroxyl groups is 1. The van der Waals surface area contributed by atoms with Crippen molar-refractivity contribution in [2.24, 2.45) is 5.10 Å². The molecule has 1 aliphatic rings. The van der Waals surface area contributed by atoms with E-state index in [9.17, 15) is 20.0 Å². The number of nitrogens with one attached hydrogen (secondary N) is 1. The maximum absolute atomic E-state index is 12.1. The van der Waals surface area contributed by atoms with Crippen molar-refractivity contribution in [1.29, 1.82) is 0 Å². The van der Waals surface area contributed by atoms with Gasteiger partial charge in [0.05, 0.1) is 11.1 Å². The summed E-state index contributed by atoms with van der Waals surface area (Å²) >= 11 is 0. The first kappa shape index (κ1) is 16.2. The molecule has 0 unspecified atom stereocenters. The first-order valence-corrected chi connectivity index (χ1v) is 7.25. The zero-order valence-electron chi connectivity index (χ0n) is 12.8. The molecule has 9 heteroatoms. The molecule has 2 aromatic carbocycles. The fraction of sp³-hybridized carbons (Fsp3) is 0.125. The molecule has 0 saturated carbocycles. The summed E-state index contributed by atoms with van der Waals surface area (Å²) in [7, 11) is 0. The van der Waals surface area contributed by atoms with Crippen molar-refractivity contribution in [2.45, 2.75) is 0 Å². The van der Waals surface area contributed by atoms with Gasteiger partial charge in [-0.1, -0.05) is 0 Å². The molecule has 128 valence electrons. The number of phenols is 1. The first-order valence-electron chi connectivity index (χ1n) is 7.25. The number of amides is 1. The molecule has 0 spiro atoms. The van der Waals surface area contributed by atoms with Gasteiger partial charge in [-0.3, -0.25) is 14.9 Å². The topological polar surface area (TPSA) is 123 Å². The Labute approximate surface area is 141 Å². The van der Waals surface area contributed by atoms with Crippen LogP contribution >= 0.6 is 0 Å². The number of hydrazone groups is 1. The third-order valence-electron chi connectivity index (χ3n) is 3.38. The van der Waals surface area contributed by atoms with Gasteiger partial charge in [0.2, 0.25) is 0 Å². The van der Waals surface area contributed by atoms with Gasteiger partial charge in [-0.05, 0) is 35.9 Å². The van der Waals surface area contributed by atoms with Crippen molar-refractivity contribution >= 4 is 17.8 Å². The van der Waals surface area contributed by atoms with Gasteiger partial charge in [-0.25, -0.2) is 5.43 Å². The Morgan fingerprint density at radius 1 is 1.20 bits per heavy atom. The highest BCUT2D eigenvalue weighted by molar-refractivity contribution is 5.95. The fourth-order valence-electron chi connectivity index (χ4n) is 2.19. The molecule has 1 aliphatic heterocycles. The Balaban J connectivity index is 1.67. The first-order chi connectivity index (χ1) is 12.0. The number of rotatable bonds is 4. The van der Waals surface area contributed by atoms with Gasteiger partial charge in [0.1, 0.15) is 13.2 Å². The Morgan fingerprint density at radius 2 is 1.96 bits per heavy atom. The SMILES string of the molecule is O=C(N/N=C\c1ccc([N+](=O)[O-])c(O)c1)c1ccc2c(c1)OCCO2. The Kier molecular flexibility index (Phi) is 4.46. The minimum atomic E-state index is -0.695. The molecule has 1 heterocycles. The smallest absolute Gasteiger partial charge is 0.310 e. The summed E-state index contributed by atoms with van der Waals surface area (Å²) < 4.78 is 10.8. The lowest BCUT2D eigenvalue weighted by molar-refractivity contribution is -0.385. The average molecular weight is 343 g/mol. The lowest BCUT2D eigenvalue weighted by Crippen LogP contribution is -2.19. The number of benzene rings is 2. The van der Waals surface area contributed by atoms with Gasteiger partial charge < -0.3 is 14.6 Å². The molecule has 25 heavy (non-hydrogen) atoms. The van der Waals surface area contributed by atoms with Crippen LogP contribution in [0.1, 0.15) is 15.9 Å². The highest BCUT2D eigenvalue weighted by Crippen LogP contribution is 2.30. The molecule has 0 atom stereocenters. The number of phenolic OH excluding ortho intramolecular Hbond substituents is 1. The van der Waals surface area contributed by atoms with Crippen LogP contribution in [0.5, 0.6) is 17.2 Å². The number of carbonyl (C=O) groups is 1. The van der Waals surface area contributed by atoms with Gasteiger partial charge in [-0.2, -0.15) is 5.10 Å². The van der Waals surface area contributed by atoms with Crippen LogP contribution in [0, 0.1) is 10.1 Å². The zero-order valence-corrected chi connectivity index (χ0v) is 12.8. The summed E-state index contributed by atoms with van der Waals surface area (Å²) in [5.74, 6) is 0.127. The van der Waals surface area contributed by atoms with Gasteiger partial charge >= 0.3 is 5.69 Å². The van der Waals surface area contributed by atoms with Crippen molar-refractivity contribution in [3.8, 4) is 17.2 Å². The fourth-order valence-corrected chi connectivity index (χ4v) is 2.19. The number of fused-ring (bicyclic) bond motifs is 1. The molecule has 0 aromatic heterocycles. The summed E-state index contributed by atoms with van der Waals surface area (Å²) in [6, 6.07) is 8.50. The molecular weight excluding hydrogens is 330 g/mol. The van der Waals surface area contributed by atoms with E-state index in [0.29, 0.717) is 35.8 Å². The molecular formula is C16H13N3O6. The Bertz CT molecular complexity index is 865. The number of nitrogens with zero attached hydrogens (tertiary/aromatic N) is 2. The Morgan fingerprint density at radius 3 is 2.68 bits per heavy atom. The number of nitro benzene ring substituents is 1. The summed E-state index contributed by atoms with van der Waals surface area (Å²) in [5, 5.41) is 23.9. The number of hydrogen-bond donors (Lipinski definition) is 2. The number of hydrogen-bond acceptors (Lipinski definition) is 7. The van der Waals surface area contributed by atoms with Crippen molar-refractivity contribution < 1.29 is 24.3 Å². The minimum absolute atomic E-state index is 0.341. The highest BCUT2D eigenvalue weighted by atomic mass is 16.6. The van der Waals surface area contributed by atoms with E-state index in [0.717, 1.165) is 6.07 Å². The monoisotopic (exact) mass is 343 g/mol. The van der Waals surface area contributed by atoms with E-state index in [-0.39, 0.29) is 0 Å².